The van der Waals surface area contributed by atoms with Crippen LogP contribution >= 0.6 is 11.6 Å². The summed E-state index contributed by atoms with van der Waals surface area (Å²) in [6, 6.07) is 0. The van der Waals surface area contributed by atoms with E-state index in [1.165, 1.54) is 0 Å². The van der Waals surface area contributed by atoms with E-state index >= 15 is 0 Å². The molecule has 2 aliphatic carbocycles. The minimum absolute atomic E-state index is 0.316. The monoisotopic (exact) mass is 156 g/mol. The molecule has 0 saturated heterocycles. The molecule has 10 heavy (non-hydrogen) atoms. The highest BCUT2D eigenvalue weighted by Crippen LogP contribution is 2.48. The van der Waals surface area contributed by atoms with Crippen molar-refractivity contribution >= 4 is 17.9 Å². The Balaban J connectivity index is 2.30. The van der Waals surface area contributed by atoms with Crippen LogP contribution in [0.25, 0.3) is 0 Å². The zero-order chi connectivity index (χ0) is 7.19. The predicted molar refractivity (Wildman–Crippen MR) is 40.0 cm³/mol. The first kappa shape index (κ1) is 6.41. The number of hydrogen-bond acceptors (Lipinski definition) is 1. The lowest BCUT2D eigenvalue weighted by molar-refractivity contribution is -0.110. The van der Waals surface area contributed by atoms with Crippen molar-refractivity contribution in [2.75, 3.05) is 0 Å². The predicted octanol–water partition coefficient (Wildman–Crippen LogP) is 1.76. The Bertz CT molecular complexity index is 199. The van der Waals surface area contributed by atoms with Gasteiger partial charge in [0.15, 0.2) is 0 Å². The van der Waals surface area contributed by atoms with Gasteiger partial charge in [0.05, 0.1) is 0 Å². The van der Waals surface area contributed by atoms with E-state index in [0.29, 0.717) is 11.8 Å². The Morgan fingerprint density at radius 2 is 2.40 bits per heavy atom. The largest absolute Gasteiger partial charge is 0.301 e. The van der Waals surface area contributed by atoms with Crippen molar-refractivity contribution in [1.82, 2.24) is 0 Å². The third kappa shape index (κ3) is 0.671. The lowest BCUT2D eigenvalue weighted by Crippen LogP contribution is -2.28. The third-order valence-electron chi connectivity index (χ3n) is 2.56. The number of carbonyl (C=O) groups is 1. The van der Waals surface area contributed by atoms with E-state index in [0.717, 1.165) is 19.1 Å². The van der Waals surface area contributed by atoms with Gasteiger partial charge in [-0.05, 0) is 18.8 Å². The van der Waals surface area contributed by atoms with Crippen molar-refractivity contribution in [3.05, 3.63) is 12.2 Å². The number of rotatable bonds is 1. The average Bonchev–Trinajstić information content (AvgIpc) is 2.46. The molecule has 0 aliphatic heterocycles. The van der Waals surface area contributed by atoms with E-state index in [1.54, 1.807) is 0 Å². The van der Waals surface area contributed by atoms with Gasteiger partial charge >= 0.3 is 0 Å². The van der Waals surface area contributed by atoms with Gasteiger partial charge < -0.3 is 4.79 Å². The first-order chi connectivity index (χ1) is 4.74. The van der Waals surface area contributed by atoms with Crippen LogP contribution in [-0.2, 0) is 4.79 Å². The summed E-state index contributed by atoms with van der Waals surface area (Å²) in [5, 5.41) is 0. The quantitative estimate of drug-likeness (QED) is 0.321. The van der Waals surface area contributed by atoms with E-state index in [4.69, 9.17) is 11.6 Å². The topological polar surface area (TPSA) is 17.1 Å². The van der Waals surface area contributed by atoms with Crippen molar-refractivity contribution in [2.24, 2.45) is 11.8 Å². The van der Waals surface area contributed by atoms with Crippen molar-refractivity contribution in [3.8, 4) is 0 Å². The van der Waals surface area contributed by atoms with E-state index in [9.17, 15) is 4.79 Å². The van der Waals surface area contributed by atoms with Gasteiger partial charge in [0.25, 0.3) is 0 Å². The lowest BCUT2D eigenvalue weighted by atomic mass is 9.94. The van der Waals surface area contributed by atoms with Crippen LogP contribution in [0.5, 0.6) is 0 Å². The normalized spacial score (nSPS) is 50.1. The zero-order valence-electron chi connectivity index (χ0n) is 5.59. The fraction of sp³-hybridized carbons (Fsp3) is 0.625. The second kappa shape index (κ2) is 1.85. The van der Waals surface area contributed by atoms with Crippen LogP contribution in [0.4, 0.5) is 0 Å². The minimum atomic E-state index is -0.542. The fourth-order valence-corrected chi connectivity index (χ4v) is 2.33. The van der Waals surface area contributed by atoms with Gasteiger partial charge in [0.2, 0.25) is 0 Å². The Morgan fingerprint density at radius 3 is 2.70 bits per heavy atom. The molecule has 0 heterocycles. The van der Waals surface area contributed by atoms with Crippen LogP contribution in [-0.4, -0.2) is 11.2 Å². The summed E-state index contributed by atoms with van der Waals surface area (Å²) in [6.07, 6.45) is 7.09. The van der Waals surface area contributed by atoms with Gasteiger partial charge in [0, 0.05) is 5.92 Å². The minimum Gasteiger partial charge on any atom is -0.301 e. The van der Waals surface area contributed by atoms with Crippen LogP contribution in [0.3, 0.4) is 0 Å². The van der Waals surface area contributed by atoms with Crippen LogP contribution in [0.2, 0.25) is 0 Å². The summed E-state index contributed by atoms with van der Waals surface area (Å²) in [4.78, 5) is 10.0. The van der Waals surface area contributed by atoms with Crippen LogP contribution in [0.1, 0.15) is 12.8 Å². The van der Waals surface area contributed by atoms with Gasteiger partial charge in [0.1, 0.15) is 11.2 Å². The molecule has 1 nitrogen and oxygen atoms in total. The van der Waals surface area contributed by atoms with Gasteiger partial charge in [-0.25, -0.2) is 0 Å². The molecule has 2 aliphatic rings. The number of allylic oxidation sites excluding steroid dienone is 2. The standard InChI is InChI=1S/C8H9ClO/c9-8(5-10)4-6-1-2-7(8)3-6/h1-2,5-7H,3-4H2/t6-,7-,8-/m0/s1. The Morgan fingerprint density at radius 1 is 1.60 bits per heavy atom. The van der Waals surface area contributed by atoms with Gasteiger partial charge in [-0.3, -0.25) is 0 Å². The summed E-state index contributed by atoms with van der Waals surface area (Å²) in [5.41, 5.74) is 0. The Hall–Kier alpha value is -0.300. The molecular formula is C8H9ClO. The van der Waals surface area contributed by atoms with Crippen LogP contribution in [0, 0.1) is 11.8 Å². The first-order valence-corrected chi connectivity index (χ1v) is 3.96. The molecule has 2 heteroatoms. The molecule has 0 aromatic heterocycles. The lowest BCUT2D eigenvalue weighted by Gasteiger charge is -2.20. The van der Waals surface area contributed by atoms with Crippen molar-refractivity contribution in [3.63, 3.8) is 0 Å². The summed E-state index contributed by atoms with van der Waals surface area (Å²) in [5.74, 6) is 0.893. The summed E-state index contributed by atoms with van der Waals surface area (Å²) >= 11 is 6.03. The van der Waals surface area contributed by atoms with Crippen molar-refractivity contribution in [1.29, 1.82) is 0 Å². The number of aldehydes is 1. The van der Waals surface area contributed by atoms with Crippen LogP contribution in [0.15, 0.2) is 12.2 Å². The first-order valence-electron chi connectivity index (χ1n) is 3.58. The number of halogens is 1. The molecule has 0 amide bonds. The highest BCUT2D eigenvalue weighted by Gasteiger charge is 2.46. The van der Waals surface area contributed by atoms with Crippen molar-refractivity contribution < 1.29 is 4.79 Å². The average molecular weight is 157 g/mol. The maximum atomic E-state index is 10.6. The summed E-state index contributed by atoms with van der Waals surface area (Å²) in [6.45, 7) is 0. The molecule has 1 saturated carbocycles. The van der Waals surface area contributed by atoms with Gasteiger partial charge in [-0.15, -0.1) is 11.6 Å². The Kier molecular flexibility index (Phi) is 1.19. The number of alkyl halides is 1. The Labute approximate surface area is 65.1 Å². The molecule has 2 bridgehead atoms. The molecule has 1 fully saturated rings. The molecule has 2 rings (SSSR count). The number of fused-ring (bicyclic) bond motifs is 2. The maximum Gasteiger partial charge on any atom is 0.141 e. The van der Waals surface area contributed by atoms with E-state index in [2.05, 4.69) is 12.2 Å². The molecule has 3 atom stereocenters. The van der Waals surface area contributed by atoms with E-state index in [-0.39, 0.29) is 0 Å². The summed E-state index contributed by atoms with van der Waals surface area (Å²) < 4.78 is 0. The van der Waals surface area contributed by atoms with E-state index in [1.807, 2.05) is 0 Å². The third-order valence-corrected chi connectivity index (χ3v) is 3.08. The molecule has 0 unspecified atom stereocenters. The highest BCUT2D eigenvalue weighted by atomic mass is 35.5. The SMILES string of the molecule is O=C[C@@]1(Cl)C[C@H]2C=C[C@H]1C2. The smallest absolute Gasteiger partial charge is 0.141 e. The van der Waals surface area contributed by atoms with E-state index < -0.39 is 4.87 Å². The van der Waals surface area contributed by atoms with Crippen LogP contribution < -0.4 is 0 Å². The van der Waals surface area contributed by atoms with Crippen molar-refractivity contribution in [2.45, 2.75) is 17.7 Å². The molecule has 0 radical (unpaired) electrons. The molecule has 0 aromatic rings. The number of carbonyl (C=O) groups excluding carboxylic acids is 1. The molecular weight excluding hydrogens is 148 g/mol. The second-order valence-corrected chi connectivity index (χ2v) is 3.94. The highest BCUT2D eigenvalue weighted by molar-refractivity contribution is 6.32. The van der Waals surface area contributed by atoms with Gasteiger partial charge in [-0.2, -0.15) is 0 Å². The second-order valence-electron chi connectivity index (χ2n) is 3.24. The molecule has 0 N–H and O–H groups in total. The molecule has 0 spiro atoms. The zero-order valence-corrected chi connectivity index (χ0v) is 6.34. The molecule has 0 aromatic carbocycles. The van der Waals surface area contributed by atoms with Gasteiger partial charge in [-0.1, -0.05) is 12.2 Å². The molecule has 54 valence electrons. The summed E-state index contributed by atoms with van der Waals surface area (Å²) in [7, 11) is 0. The fourth-order valence-electron chi connectivity index (χ4n) is 1.97. The number of hydrogen-bond donors (Lipinski definition) is 0. The maximum absolute atomic E-state index is 10.6.